The van der Waals surface area contributed by atoms with Crippen molar-refractivity contribution in [2.24, 2.45) is 0 Å². The number of aromatic nitrogens is 2. The highest BCUT2D eigenvalue weighted by molar-refractivity contribution is 5.75. The van der Waals surface area contributed by atoms with Gasteiger partial charge in [-0.25, -0.2) is 4.79 Å². The van der Waals surface area contributed by atoms with Gasteiger partial charge >= 0.3 is 6.09 Å². The van der Waals surface area contributed by atoms with Crippen molar-refractivity contribution in [3.8, 4) is 0 Å². The average Bonchev–Trinajstić information content (AvgIpc) is 3.29. The second-order valence-corrected chi connectivity index (χ2v) is 8.88. The van der Waals surface area contributed by atoms with Gasteiger partial charge in [0.05, 0.1) is 17.1 Å². The Hall–Kier alpha value is -2.82. The minimum Gasteiger partial charge on any atom is -0.441 e. The first-order valence-electron chi connectivity index (χ1n) is 10.5. The molecule has 0 bridgehead atoms. The number of hydrogen-bond donors (Lipinski definition) is 1. The molecule has 0 unspecified atom stereocenters. The van der Waals surface area contributed by atoms with E-state index in [4.69, 9.17) is 4.74 Å². The number of carbonyl (C=O) groups is 1. The van der Waals surface area contributed by atoms with Crippen LogP contribution in [0, 0.1) is 0 Å². The van der Waals surface area contributed by atoms with Crippen LogP contribution in [-0.2, 0) is 4.74 Å². The summed E-state index contributed by atoms with van der Waals surface area (Å²) in [6.07, 6.45) is 7.87. The molecular weight excluding hydrogens is 362 g/mol. The number of nitrogens with one attached hydrogen (secondary N) is 1. The summed E-state index contributed by atoms with van der Waals surface area (Å²) in [4.78, 5) is 22.7. The van der Waals surface area contributed by atoms with E-state index < -0.39 is 5.60 Å². The van der Waals surface area contributed by atoms with Gasteiger partial charge in [0.2, 0.25) is 0 Å². The van der Waals surface area contributed by atoms with Crippen LogP contribution in [0.2, 0.25) is 0 Å². The lowest BCUT2D eigenvalue weighted by Gasteiger charge is -2.38. The highest BCUT2D eigenvalue weighted by atomic mass is 16.6. The number of amides is 1. The van der Waals surface area contributed by atoms with Gasteiger partial charge in [0.1, 0.15) is 5.60 Å². The number of nitrogens with zero attached hydrogens (tertiary/aromatic N) is 2. The summed E-state index contributed by atoms with van der Waals surface area (Å²) < 4.78 is 5.81. The Morgan fingerprint density at radius 3 is 2.59 bits per heavy atom. The Kier molecular flexibility index (Phi) is 4.34. The van der Waals surface area contributed by atoms with Crippen molar-refractivity contribution in [1.82, 2.24) is 14.9 Å². The van der Waals surface area contributed by atoms with Gasteiger partial charge < -0.3 is 9.72 Å². The predicted octanol–water partition coefficient (Wildman–Crippen LogP) is 5.56. The zero-order valence-corrected chi connectivity index (χ0v) is 17.0. The highest BCUT2D eigenvalue weighted by Crippen LogP contribution is 2.46. The number of aromatic amines is 1. The second kappa shape index (κ2) is 6.90. The van der Waals surface area contributed by atoms with E-state index in [1.165, 1.54) is 5.56 Å². The molecule has 1 aliphatic heterocycles. The standard InChI is InChI=1S/C24H27N3O2/c1-24(2)22(17-6-4-3-5-7-17)27(23(28)29-24)19-10-8-16(9-11-19)18-14-21-20(26-15-18)12-13-25-21/h3-7,12-16,19,22,25H,8-11H2,1-2H3/t16-,19+,22-/m0/s1. The molecule has 5 nitrogen and oxygen atoms in total. The molecule has 1 aliphatic carbocycles. The monoisotopic (exact) mass is 389 g/mol. The molecule has 1 N–H and O–H groups in total. The largest absolute Gasteiger partial charge is 0.441 e. The smallest absolute Gasteiger partial charge is 0.411 e. The molecule has 0 spiro atoms. The number of H-pyrrole nitrogens is 1. The second-order valence-electron chi connectivity index (χ2n) is 8.88. The van der Waals surface area contributed by atoms with Gasteiger partial charge in [0, 0.05) is 18.4 Å². The quantitative estimate of drug-likeness (QED) is 0.638. The number of benzene rings is 1. The minimum atomic E-state index is -0.530. The maximum absolute atomic E-state index is 12.8. The molecule has 2 fully saturated rings. The van der Waals surface area contributed by atoms with Crippen molar-refractivity contribution < 1.29 is 9.53 Å². The summed E-state index contributed by atoms with van der Waals surface area (Å²) in [5.41, 5.74) is 4.01. The lowest BCUT2D eigenvalue weighted by Crippen LogP contribution is -2.42. The summed E-state index contributed by atoms with van der Waals surface area (Å²) in [7, 11) is 0. The molecule has 3 heterocycles. The lowest BCUT2D eigenvalue weighted by molar-refractivity contribution is 0.0664. The molecule has 150 valence electrons. The van der Waals surface area contributed by atoms with Crippen molar-refractivity contribution >= 4 is 17.1 Å². The topological polar surface area (TPSA) is 58.2 Å². The van der Waals surface area contributed by atoms with Crippen molar-refractivity contribution in [3.05, 3.63) is 66.0 Å². The molecule has 1 atom stereocenters. The minimum absolute atomic E-state index is 0.0466. The van der Waals surface area contributed by atoms with Crippen LogP contribution in [0.1, 0.15) is 62.6 Å². The van der Waals surface area contributed by atoms with Gasteiger partial charge in [-0.3, -0.25) is 9.88 Å². The fraction of sp³-hybridized carbons (Fsp3) is 0.417. The molecule has 29 heavy (non-hydrogen) atoms. The molecule has 1 saturated heterocycles. The van der Waals surface area contributed by atoms with Gasteiger partial charge in [0.15, 0.2) is 0 Å². The van der Waals surface area contributed by atoms with E-state index in [-0.39, 0.29) is 18.2 Å². The van der Waals surface area contributed by atoms with Crippen LogP contribution in [0.25, 0.3) is 11.0 Å². The van der Waals surface area contributed by atoms with Crippen LogP contribution in [0.15, 0.2) is 54.9 Å². The third-order valence-electron chi connectivity index (χ3n) is 6.59. The van der Waals surface area contributed by atoms with Crippen LogP contribution in [-0.4, -0.2) is 32.6 Å². The molecular formula is C24H27N3O2. The Bertz CT molecular complexity index is 1020. The van der Waals surface area contributed by atoms with Gasteiger partial charge in [-0.1, -0.05) is 30.3 Å². The van der Waals surface area contributed by atoms with Crippen LogP contribution in [0.3, 0.4) is 0 Å². The number of fused-ring (bicyclic) bond motifs is 1. The van der Waals surface area contributed by atoms with Gasteiger partial charge in [-0.15, -0.1) is 0 Å². The highest BCUT2D eigenvalue weighted by Gasteiger charge is 2.51. The van der Waals surface area contributed by atoms with E-state index in [2.05, 4.69) is 28.2 Å². The van der Waals surface area contributed by atoms with Crippen molar-refractivity contribution in [2.75, 3.05) is 0 Å². The molecule has 2 aliphatic rings. The van der Waals surface area contributed by atoms with Crippen molar-refractivity contribution in [2.45, 2.75) is 63.1 Å². The average molecular weight is 389 g/mol. The maximum atomic E-state index is 12.8. The Labute approximate surface area is 171 Å². The van der Waals surface area contributed by atoms with Gasteiger partial charge in [-0.05, 0) is 68.7 Å². The van der Waals surface area contributed by atoms with E-state index >= 15 is 0 Å². The number of ether oxygens (including phenoxy) is 1. The molecule has 1 amide bonds. The zero-order chi connectivity index (χ0) is 20.0. The normalized spacial score (nSPS) is 26.6. The molecule has 1 saturated carbocycles. The van der Waals surface area contributed by atoms with E-state index in [1.54, 1.807) is 0 Å². The Morgan fingerprint density at radius 2 is 1.83 bits per heavy atom. The molecule has 2 aromatic heterocycles. The van der Waals surface area contributed by atoms with E-state index in [9.17, 15) is 4.79 Å². The fourth-order valence-corrected chi connectivity index (χ4v) is 5.19. The molecule has 1 aromatic carbocycles. The molecule has 3 aromatic rings. The zero-order valence-electron chi connectivity index (χ0n) is 17.0. The number of rotatable bonds is 3. The summed E-state index contributed by atoms with van der Waals surface area (Å²) in [6.45, 7) is 4.04. The summed E-state index contributed by atoms with van der Waals surface area (Å²) >= 11 is 0. The Morgan fingerprint density at radius 1 is 1.07 bits per heavy atom. The van der Waals surface area contributed by atoms with Crippen LogP contribution in [0.5, 0.6) is 0 Å². The third-order valence-corrected chi connectivity index (χ3v) is 6.59. The fourth-order valence-electron chi connectivity index (χ4n) is 5.19. The summed E-state index contributed by atoms with van der Waals surface area (Å²) in [5.74, 6) is 0.494. The van der Waals surface area contributed by atoms with Gasteiger partial charge in [-0.2, -0.15) is 0 Å². The Balaban J connectivity index is 1.35. The number of hydrogen-bond acceptors (Lipinski definition) is 3. The number of pyridine rings is 1. The maximum Gasteiger partial charge on any atom is 0.411 e. The first-order valence-corrected chi connectivity index (χ1v) is 10.5. The predicted molar refractivity (Wildman–Crippen MR) is 113 cm³/mol. The van der Waals surface area contributed by atoms with E-state index in [0.29, 0.717) is 5.92 Å². The van der Waals surface area contributed by atoms with E-state index in [1.807, 2.05) is 55.4 Å². The van der Waals surface area contributed by atoms with Gasteiger partial charge in [0.25, 0.3) is 0 Å². The lowest BCUT2D eigenvalue weighted by atomic mass is 9.80. The SMILES string of the molecule is CC1(C)OC(=O)N([C@H]2CC[C@@H](c3cnc4cc[nH]c4c3)CC2)[C@H]1c1ccccc1. The van der Waals surface area contributed by atoms with Crippen molar-refractivity contribution in [1.29, 1.82) is 0 Å². The molecule has 5 heteroatoms. The molecule has 0 radical (unpaired) electrons. The number of cyclic esters (lactones) is 1. The molecule has 5 rings (SSSR count). The van der Waals surface area contributed by atoms with Crippen LogP contribution >= 0.6 is 0 Å². The van der Waals surface area contributed by atoms with E-state index in [0.717, 1.165) is 42.3 Å². The summed E-state index contributed by atoms with van der Waals surface area (Å²) in [5, 5.41) is 0. The number of carbonyl (C=O) groups excluding carboxylic acids is 1. The summed E-state index contributed by atoms with van der Waals surface area (Å²) in [6, 6.07) is 14.7. The first-order chi connectivity index (χ1) is 14.0. The first kappa shape index (κ1) is 18.2. The van der Waals surface area contributed by atoms with Crippen LogP contribution in [0.4, 0.5) is 4.79 Å². The van der Waals surface area contributed by atoms with Crippen molar-refractivity contribution in [3.63, 3.8) is 0 Å². The third kappa shape index (κ3) is 3.18. The van der Waals surface area contributed by atoms with Crippen LogP contribution < -0.4 is 0 Å².